The number of benzene rings is 1. The van der Waals surface area contributed by atoms with Gasteiger partial charge in [-0.1, -0.05) is 23.4 Å². The Morgan fingerprint density at radius 1 is 1.28 bits per heavy atom. The lowest BCUT2D eigenvalue weighted by Gasteiger charge is -2.27. The summed E-state index contributed by atoms with van der Waals surface area (Å²) in [5.74, 6) is 5.77. The van der Waals surface area contributed by atoms with Crippen LogP contribution in [0.2, 0.25) is 5.02 Å². The number of imide groups is 1. The summed E-state index contributed by atoms with van der Waals surface area (Å²) in [6.07, 6.45) is 2.54. The van der Waals surface area contributed by atoms with Gasteiger partial charge in [0.25, 0.3) is 0 Å². The van der Waals surface area contributed by atoms with E-state index in [1.54, 1.807) is 18.2 Å². The molecular formula is C18H20ClN3O3. The Balaban J connectivity index is 1.64. The first kappa shape index (κ1) is 17.7. The van der Waals surface area contributed by atoms with Gasteiger partial charge >= 0.3 is 6.03 Å². The van der Waals surface area contributed by atoms with Crippen molar-refractivity contribution in [2.24, 2.45) is 0 Å². The van der Waals surface area contributed by atoms with Crippen LogP contribution in [0.3, 0.4) is 0 Å². The van der Waals surface area contributed by atoms with Crippen LogP contribution in [-0.4, -0.2) is 44.3 Å². The summed E-state index contributed by atoms with van der Waals surface area (Å²) < 4.78 is 5.75. The number of nitrogens with zero attached hydrogens (tertiary/aromatic N) is 1. The van der Waals surface area contributed by atoms with Crippen LogP contribution < -0.4 is 15.5 Å². The smallest absolute Gasteiger partial charge is 0.328 e. The van der Waals surface area contributed by atoms with Crippen LogP contribution in [0.4, 0.5) is 10.5 Å². The molecule has 0 bridgehead atoms. The Morgan fingerprint density at radius 3 is 2.84 bits per heavy atom. The highest BCUT2D eigenvalue weighted by atomic mass is 35.5. The van der Waals surface area contributed by atoms with Crippen molar-refractivity contribution in [3.63, 3.8) is 0 Å². The van der Waals surface area contributed by atoms with Crippen molar-refractivity contribution >= 4 is 29.2 Å². The predicted octanol–water partition coefficient (Wildman–Crippen LogP) is 1.91. The molecule has 2 fully saturated rings. The van der Waals surface area contributed by atoms with Crippen molar-refractivity contribution in [2.75, 3.05) is 31.1 Å². The average Bonchev–Trinajstić information content (AvgIpc) is 2.61. The van der Waals surface area contributed by atoms with Gasteiger partial charge in [0.05, 0.1) is 16.8 Å². The predicted molar refractivity (Wildman–Crippen MR) is 95.7 cm³/mol. The quantitative estimate of drug-likeness (QED) is 0.807. The molecule has 0 aliphatic carbocycles. The molecule has 3 rings (SSSR count). The molecule has 25 heavy (non-hydrogen) atoms. The number of anilines is 1. The third-order valence-electron chi connectivity index (χ3n) is 4.20. The van der Waals surface area contributed by atoms with Crippen molar-refractivity contribution in [1.82, 2.24) is 10.6 Å². The van der Waals surface area contributed by atoms with Crippen molar-refractivity contribution in [1.29, 1.82) is 0 Å². The van der Waals surface area contributed by atoms with Gasteiger partial charge in [0.15, 0.2) is 0 Å². The number of urea groups is 1. The second-order valence-corrected chi connectivity index (χ2v) is 6.39. The number of hydrogen-bond acceptors (Lipinski definition) is 4. The van der Waals surface area contributed by atoms with E-state index in [0.717, 1.165) is 31.5 Å². The number of carbonyl (C=O) groups excluding carboxylic acids is 2. The summed E-state index contributed by atoms with van der Waals surface area (Å²) in [4.78, 5) is 24.7. The highest BCUT2D eigenvalue weighted by Gasteiger charge is 2.25. The van der Waals surface area contributed by atoms with Gasteiger partial charge in [-0.2, -0.15) is 0 Å². The molecule has 132 valence electrons. The molecular weight excluding hydrogens is 342 g/mol. The van der Waals surface area contributed by atoms with E-state index in [2.05, 4.69) is 22.5 Å². The summed E-state index contributed by atoms with van der Waals surface area (Å²) in [5.41, 5.74) is 1.30. The van der Waals surface area contributed by atoms with Crippen LogP contribution in [0.5, 0.6) is 0 Å². The summed E-state index contributed by atoms with van der Waals surface area (Å²) in [6, 6.07) is 4.81. The maximum absolute atomic E-state index is 12.0. The van der Waals surface area contributed by atoms with Crippen LogP contribution in [-0.2, 0) is 9.53 Å². The fraction of sp³-hybridized carbons (Fsp3) is 0.444. The lowest BCUT2D eigenvalue weighted by molar-refractivity contribution is -0.120. The number of rotatable bonds is 3. The zero-order chi connectivity index (χ0) is 17.6. The SMILES string of the molecule is O=C1CCN(c2cc(C#CCOC3CCNCC3)ccc2Cl)C(=O)N1. The van der Waals surface area contributed by atoms with Gasteiger partial charge in [-0.3, -0.25) is 15.0 Å². The molecule has 0 radical (unpaired) electrons. The van der Waals surface area contributed by atoms with Crippen LogP contribution in [0.15, 0.2) is 18.2 Å². The molecule has 7 heteroatoms. The molecule has 0 unspecified atom stereocenters. The average molecular weight is 362 g/mol. The molecule has 3 amide bonds. The normalized spacial score (nSPS) is 18.5. The fourth-order valence-electron chi connectivity index (χ4n) is 2.85. The number of nitrogens with one attached hydrogen (secondary N) is 2. The van der Waals surface area contributed by atoms with E-state index in [0.29, 0.717) is 23.9 Å². The Hall–Kier alpha value is -2.07. The minimum Gasteiger partial charge on any atom is -0.365 e. The Kier molecular flexibility index (Phi) is 5.92. The van der Waals surface area contributed by atoms with E-state index >= 15 is 0 Å². The van der Waals surface area contributed by atoms with Gasteiger partial charge in [0, 0.05) is 18.5 Å². The summed E-state index contributed by atoms with van der Waals surface area (Å²) in [5, 5.41) is 6.03. The molecule has 0 atom stereocenters. The Labute approximate surface area is 151 Å². The van der Waals surface area contributed by atoms with Gasteiger partial charge in [-0.25, -0.2) is 4.79 Å². The van der Waals surface area contributed by atoms with Crippen LogP contribution in [0.1, 0.15) is 24.8 Å². The molecule has 2 saturated heterocycles. The lowest BCUT2D eigenvalue weighted by Crippen LogP contribution is -2.49. The molecule has 2 aliphatic rings. The first-order valence-electron chi connectivity index (χ1n) is 8.35. The van der Waals surface area contributed by atoms with E-state index in [4.69, 9.17) is 16.3 Å². The van der Waals surface area contributed by atoms with E-state index in [-0.39, 0.29) is 18.4 Å². The van der Waals surface area contributed by atoms with Gasteiger partial charge in [0.1, 0.15) is 6.61 Å². The molecule has 1 aromatic carbocycles. The molecule has 0 saturated carbocycles. The number of halogens is 1. The molecule has 2 N–H and O–H groups in total. The molecule has 0 spiro atoms. The topological polar surface area (TPSA) is 70.7 Å². The summed E-state index contributed by atoms with van der Waals surface area (Å²) >= 11 is 6.21. The lowest BCUT2D eigenvalue weighted by atomic mass is 10.1. The minimum absolute atomic E-state index is 0.252. The molecule has 2 heterocycles. The molecule has 6 nitrogen and oxygen atoms in total. The van der Waals surface area contributed by atoms with Crippen molar-refractivity contribution in [3.8, 4) is 11.8 Å². The number of hydrogen-bond donors (Lipinski definition) is 2. The highest BCUT2D eigenvalue weighted by Crippen LogP contribution is 2.28. The first-order chi connectivity index (χ1) is 12.1. The number of amides is 3. The maximum Gasteiger partial charge on any atom is 0.328 e. The molecule has 1 aromatic rings. The molecule has 2 aliphatic heterocycles. The van der Waals surface area contributed by atoms with E-state index in [1.165, 1.54) is 4.90 Å². The van der Waals surface area contributed by atoms with Crippen LogP contribution in [0.25, 0.3) is 0 Å². The third kappa shape index (κ3) is 4.73. The highest BCUT2D eigenvalue weighted by molar-refractivity contribution is 6.34. The van der Waals surface area contributed by atoms with Gasteiger partial charge in [0.2, 0.25) is 5.91 Å². The zero-order valence-electron chi connectivity index (χ0n) is 13.8. The first-order valence-corrected chi connectivity index (χ1v) is 8.73. The minimum atomic E-state index is -0.461. The number of carbonyl (C=O) groups is 2. The summed E-state index contributed by atoms with van der Waals surface area (Å²) in [6.45, 7) is 2.65. The van der Waals surface area contributed by atoms with Crippen LogP contribution >= 0.6 is 11.6 Å². The molecule has 0 aromatic heterocycles. The fourth-order valence-corrected chi connectivity index (χ4v) is 3.07. The second-order valence-electron chi connectivity index (χ2n) is 5.98. The maximum atomic E-state index is 12.0. The van der Waals surface area contributed by atoms with Crippen molar-refractivity contribution < 1.29 is 14.3 Å². The number of piperidine rings is 1. The summed E-state index contributed by atoms with van der Waals surface area (Å²) in [7, 11) is 0. The monoisotopic (exact) mass is 361 g/mol. The van der Waals surface area contributed by atoms with E-state index in [1.807, 2.05) is 0 Å². The van der Waals surface area contributed by atoms with E-state index < -0.39 is 6.03 Å². The van der Waals surface area contributed by atoms with Crippen LogP contribution in [0, 0.1) is 11.8 Å². The second kappa shape index (κ2) is 8.34. The zero-order valence-corrected chi connectivity index (χ0v) is 14.6. The van der Waals surface area contributed by atoms with Crippen molar-refractivity contribution in [3.05, 3.63) is 28.8 Å². The number of ether oxygens (including phenoxy) is 1. The largest absolute Gasteiger partial charge is 0.365 e. The Bertz CT molecular complexity index is 720. The van der Waals surface area contributed by atoms with Gasteiger partial charge < -0.3 is 10.1 Å². The van der Waals surface area contributed by atoms with E-state index in [9.17, 15) is 9.59 Å². The Morgan fingerprint density at radius 2 is 2.08 bits per heavy atom. The standard InChI is InChI=1S/C18H20ClN3O3/c19-15-4-3-13(2-1-11-25-14-5-8-20-9-6-14)12-16(15)22-10-7-17(23)21-18(22)24/h3-4,12,14,20H,5-11H2,(H,21,23,24). The third-order valence-corrected chi connectivity index (χ3v) is 4.52. The van der Waals surface area contributed by atoms with Gasteiger partial charge in [-0.15, -0.1) is 0 Å². The van der Waals surface area contributed by atoms with Crippen molar-refractivity contribution in [2.45, 2.75) is 25.4 Å². The van der Waals surface area contributed by atoms with Gasteiger partial charge in [-0.05, 0) is 44.1 Å².